The number of halogens is 1. The molecule has 1 fully saturated rings. The van der Waals surface area contributed by atoms with Crippen molar-refractivity contribution in [2.75, 3.05) is 13.1 Å². The van der Waals surface area contributed by atoms with E-state index in [1.54, 1.807) is 4.68 Å². The second-order valence-electron chi connectivity index (χ2n) is 7.83. The van der Waals surface area contributed by atoms with Gasteiger partial charge in [0, 0.05) is 24.9 Å². The molecule has 30 heavy (non-hydrogen) atoms. The van der Waals surface area contributed by atoms with Gasteiger partial charge in [0.2, 0.25) is 11.2 Å². The van der Waals surface area contributed by atoms with E-state index < -0.39 is 0 Å². The van der Waals surface area contributed by atoms with E-state index in [2.05, 4.69) is 62.7 Å². The van der Waals surface area contributed by atoms with Crippen LogP contribution in [0.25, 0.3) is 11.1 Å². The Morgan fingerprint density at radius 2 is 1.77 bits per heavy atom. The number of likely N-dealkylation sites (tertiary alicyclic amines) is 1. The number of fused-ring (bicyclic) bond motifs is 1. The van der Waals surface area contributed by atoms with Crippen molar-refractivity contribution in [1.82, 2.24) is 19.8 Å². The van der Waals surface area contributed by atoms with Crippen LogP contribution < -0.4 is 4.74 Å². The minimum atomic E-state index is 0.256. The minimum Gasteiger partial charge on any atom is -0.441 e. The van der Waals surface area contributed by atoms with E-state index in [-0.39, 0.29) is 5.28 Å². The van der Waals surface area contributed by atoms with Crippen LogP contribution >= 0.6 is 11.6 Å². The molecule has 0 spiro atoms. The highest BCUT2D eigenvalue weighted by Gasteiger charge is 2.20. The summed E-state index contributed by atoms with van der Waals surface area (Å²) in [6, 6.07) is 16.8. The van der Waals surface area contributed by atoms with Gasteiger partial charge in [-0.2, -0.15) is 4.68 Å². The van der Waals surface area contributed by atoms with E-state index in [1.807, 2.05) is 6.07 Å². The number of hydrogen-bond acceptors (Lipinski definition) is 5. The number of ether oxygens (including phenoxy) is 1. The Hall–Kier alpha value is -2.70. The van der Waals surface area contributed by atoms with E-state index >= 15 is 0 Å². The Balaban J connectivity index is 1.45. The van der Waals surface area contributed by atoms with Crippen molar-refractivity contribution in [1.29, 1.82) is 0 Å². The number of piperidine rings is 1. The first-order chi connectivity index (χ1) is 14.8. The van der Waals surface area contributed by atoms with Crippen LogP contribution in [0.3, 0.4) is 0 Å². The first-order valence-electron chi connectivity index (χ1n) is 10.5. The van der Waals surface area contributed by atoms with Crippen LogP contribution in [0.4, 0.5) is 0 Å². The largest absolute Gasteiger partial charge is 0.441 e. The van der Waals surface area contributed by atoms with Crippen LogP contribution in [-0.4, -0.2) is 38.8 Å². The fraction of sp³-hybridized carbons (Fsp3) is 0.348. The van der Waals surface area contributed by atoms with Crippen LogP contribution in [-0.2, 0) is 13.0 Å². The number of rotatable bonds is 4. The maximum absolute atomic E-state index is 6.27. The van der Waals surface area contributed by atoms with Gasteiger partial charge >= 0.3 is 0 Å². The molecule has 0 bridgehead atoms. The summed E-state index contributed by atoms with van der Waals surface area (Å²) in [4.78, 5) is 2.54. The Labute approximate surface area is 181 Å². The average Bonchev–Trinajstić information content (AvgIpc) is 3.16. The summed E-state index contributed by atoms with van der Waals surface area (Å²) < 4.78 is 7.82. The number of aryl methyl sites for hydroxylation is 1. The van der Waals surface area contributed by atoms with Crippen molar-refractivity contribution in [3.63, 3.8) is 0 Å². The Morgan fingerprint density at radius 1 is 0.933 bits per heavy atom. The summed E-state index contributed by atoms with van der Waals surface area (Å²) in [6.07, 6.45) is 5.30. The van der Waals surface area contributed by atoms with Gasteiger partial charge in [0.1, 0.15) is 5.75 Å². The van der Waals surface area contributed by atoms with Crippen molar-refractivity contribution in [2.45, 2.75) is 38.6 Å². The maximum atomic E-state index is 6.27. The van der Waals surface area contributed by atoms with Crippen molar-refractivity contribution in [3.8, 4) is 16.9 Å². The third kappa shape index (κ3) is 4.11. The molecule has 0 radical (unpaired) electrons. The van der Waals surface area contributed by atoms with Gasteiger partial charge < -0.3 is 4.74 Å². The molecule has 3 heterocycles. The van der Waals surface area contributed by atoms with Gasteiger partial charge in [0.25, 0.3) is 0 Å². The minimum absolute atomic E-state index is 0.256. The Kier molecular flexibility index (Phi) is 5.51. The van der Waals surface area contributed by atoms with Gasteiger partial charge in [0.15, 0.2) is 5.82 Å². The summed E-state index contributed by atoms with van der Waals surface area (Å²) in [5, 5.41) is 12.7. The predicted molar refractivity (Wildman–Crippen MR) is 118 cm³/mol. The zero-order chi connectivity index (χ0) is 20.3. The standard InChI is InChI=1S/C23H24ClN5O/c24-23-26-25-21-11-12-22(27-29(21)23)30-20-10-9-17(16-28-13-5-2-6-14-28)15-19(20)18-7-3-1-4-8-18/h1,3-4,7-10,15H,2,5-6,11-14,16H2. The molecule has 0 unspecified atom stereocenters. The first kappa shape index (κ1) is 19.3. The lowest BCUT2D eigenvalue weighted by Crippen LogP contribution is -2.29. The summed E-state index contributed by atoms with van der Waals surface area (Å²) in [7, 11) is 0. The third-order valence-corrected chi connectivity index (χ3v) is 5.89. The molecule has 2 aliphatic rings. The summed E-state index contributed by atoms with van der Waals surface area (Å²) in [5.74, 6) is 2.17. The molecular formula is C23H24ClN5O. The average molecular weight is 422 g/mol. The van der Waals surface area contributed by atoms with Crippen LogP contribution in [0, 0.1) is 0 Å². The maximum Gasteiger partial charge on any atom is 0.246 e. The number of hydrogen-bond donors (Lipinski definition) is 0. The van der Waals surface area contributed by atoms with Crippen molar-refractivity contribution in [2.24, 2.45) is 5.10 Å². The van der Waals surface area contributed by atoms with Crippen LogP contribution in [0.2, 0.25) is 5.28 Å². The quantitative estimate of drug-likeness (QED) is 0.608. The van der Waals surface area contributed by atoms with Crippen LogP contribution in [0.1, 0.15) is 37.1 Å². The van der Waals surface area contributed by atoms with E-state index in [4.69, 9.17) is 16.3 Å². The molecule has 0 atom stereocenters. The molecular weight excluding hydrogens is 398 g/mol. The molecule has 0 saturated carbocycles. The summed E-state index contributed by atoms with van der Waals surface area (Å²) >= 11 is 6.09. The van der Waals surface area contributed by atoms with Gasteiger partial charge in [-0.25, -0.2) is 0 Å². The number of aromatic nitrogens is 3. The van der Waals surface area contributed by atoms with Gasteiger partial charge in [0.05, 0.1) is 0 Å². The van der Waals surface area contributed by atoms with E-state index in [9.17, 15) is 0 Å². The second-order valence-corrected chi connectivity index (χ2v) is 8.16. The molecule has 6 nitrogen and oxygen atoms in total. The molecule has 0 aliphatic carbocycles. The highest BCUT2D eigenvalue weighted by atomic mass is 35.5. The molecule has 5 rings (SSSR count). The Morgan fingerprint density at radius 3 is 2.60 bits per heavy atom. The fourth-order valence-corrected chi connectivity index (χ4v) is 4.28. The SMILES string of the molecule is Clc1nnc2n1N=C(Oc1ccc(CN3CCCCC3)cc1-c1ccccc1)CC2. The molecule has 2 aromatic carbocycles. The van der Waals surface area contributed by atoms with Crippen molar-refractivity contribution >= 4 is 17.5 Å². The topological polar surface area (TPSA) is 55.5 Å². The Bertz CT molecular complexity index is 1060. The number of benzene rings is 2. The zero-order valence-electron chi connectivity index (χ0n) is 16.8. The lowest BCUT2D eigenvalue weighted by atomic mass is 10.0. The second kappa shape index (κ2) is 8.58. The van der Waals surface area contributed by atoms with Gasteiger partial charge in [-0.15, -0.1) is 15.3 Å². The third-order valence-electron chi connectivity index (χ3n) is 5.65. The predicted octanol–water partition coefficient (Wildman–Crippen LogP) is 4.77. The molecule has 3 aromatic rings. The normalized spacial score (nSPS) is 16.8. The molecule has 0 N–H and O–H groups in total. The summed E-state index contributed by atoms with van der Waals surface area (Å²) in [6.45, 7) is 3.33. The number of nitrogens with zero attached hydrogens (tertiary/aromatic N) is 5. The van der Waals surface area contributed by atoms with E-state index in [0.717, 1.165) is 29.2 Å². The first-order valence-corrected chi connectivity index (χ1v) is 10.9. The lowest BCUT2D eigenvalue weighted by Gasteiger charge is -2.26. The van der Waals surface area contributed by atoms with Gasteiger partial charge in [-0.1, -0.05) is 42.8 Å². The highest BCUT2D eigenvalue weighted by Crippen LogP contribution is 2.32. The smallest absolute Gasteiger partial charge is 0.246 e. The zero-order valence-corrected chi connectivity index (χ0v) is 17.6. The molecule has 1 saturated heterocycles. The van der Waals surface area contributed by atoms with E-state index in [0.29, 0.717) is 18.7 Å². The van der Waals surface area contributed by atoms with Crippen LogP contribution in [0.15, 0.2) is 53.6 Å². The molecule has 2 aliphatic heterocycles. The van der Waals surface area contributed by atoms with E-state index in [1.165, 1.54) is 37.9 Å². The lowest BCUT2D eigenvalue weighted by molar-refractivity contribution is 0.221. The van der Waals surface area contributed by atoms with Crippen molar-refractivity contribution < 1.29 is 4.74 Å². The molecule has 0 amide bonds. The molecule has 7 heteroatoms. The van der Waals surface area contributed by atoms with Crippen molar-refractivity contribution in [3.05, 3.63) is 65.2 Å². The van der Waals surface area contributed by atoms with Crippen LogP contribution in [0.5, 0.6) is 5.75 Å². The fourth-order valence-electron chi connectivity index (χ4n) is 4.11. The molecule has 154 valence electrons. The monoisotopic (exact) mass is 421 g/mol. The highest BCUT2D eigenvalue weighted by molar-refractivity contribution is 6.28. The molecule has 1 aromatic heterocycles. The summed E-state index contributed by atoms with van der Waals surface area (Å²) in [5.41, 5.74) is 3.51. The van der Waals surface area contributed by atoms with Gasteiger partial charge in [-0.05, 0) is 60.8 Å². The van der Waals surface area contributed by atoms with Gasteiger partial charge in [-0.3, -0.25) is 4.90 Å².